The Labute approximate surface area is 127 Å². The fourth-order valence-electron chi connectivity index (χ4n) is 3.52. The monoisotopic (exact) mass is 283 g/mol. The van der Waals surface area contributed by atoms with Crippen molar-refractivity contribution in [1.82, 2.24) is 10.3 Å². The minimum Gasteiger partial charge on any atom is -0.354 e. The van der Waals surface area contributed by atoms with Crippen molar-refractivity contribution in [3.8, 4) is 0 Å². The van der Waals surface area contributed by atoms with Gasteiger partial charge in [0.05, 0.1) is 5.52 Å². The molecule has 21 heavy (non-hydrogen) atoms. The third-order valence-corrected chi connectivity index (χ3v) is 4.53. The smallest absolute Gasteiger partial charge is 0.134 e. The molecular formula is C18H25N3. The number of hydrogen-bond acceptors (Lipinski definition) is 3. The summed E-state index contributed by atoms with van der Waals surface area (Å²) < 4.78 is 0. The summed E-state index contributed by atoms with van der Waals surface area (Å²) in [5, 5.41) is 4.52. The Kier molecular flexibility index (Phi) is 4.39. The number of rotatable bonds is 5. The highest BCUT2D eigenvalue weighted by molar-refractivity contribution is 5.81. The molecule has 1 N–H and O–H groups in total. The highest BCUT2D eigenvalue weighted by Gasteiger charge is 2.24. The molecule has 0 saturated heterocycles. The van der Waals surface area contributed by atoms with E-state index >= 15 is 0 Å². The second-order valence-corrected chi connectivity index (χ2v) is 5.92. The number of fused-ring (bicyclic) bond motifs is 1. The minimum atomic E-state index is 0.666. The number of aromatic nitrogens is 1. The van der Waals surface area contributed by atoms with E-state index in [9.17, 15) is 0 Å². The van der Waals surface area contributed by atoms with Crippen LogP contribution in [0.1, 0.15) is 38.2 Å². The zero-order valence-corrected chi connectivity index (χ0v) is 13.1. The molecule has 0 spiro atoms. The first-order valence-corrected chi connectivity index (χ1v) is 8.13. The van der Waals surface area contributed by atoms with E-state index in [4.69, 9.17) is 4.98 Å². The summed E-state index contributed by atoms with van der Waals surface area (Å²) in [5.74, 6) is 1.18. The van der Waals surface area contributed by atoms with Crippen LogP contribution in [0.2, 0.25) is 0 Å². The minimum absolute atomic E-state index is 0.666. The van der Waals surface area contributed by atoms with Crippen molar-refractivity contribution in [2.45, 2.75) is 45.2 Å². The predicted molar refractivity (Wildman–Crippen MR) is 89.8 cm³/mol. The molecule has 0 amide bonds. The molecule has 3 heteroatoms. The lowest BCUT2D eigenvalue weighted by Crippen LogP contribution is -2.34. The van der Waals surface area contributed by atoms with E-state index in [1.54, 1.807) is 0 Å². The lowest BCUT2D eigenvalue weighted by Gasteiger charge is -2.31. The van der Waals surface area contributed by atoms with Crippen LogP contribution in [0.3, 0.4) is 0 Å². The lowest BCUT2D eigenvalue weighted by molar-refractivity contribution is 0.609. The van der Waals surface area contributed by atoms with Gasteiger partial charge < -0.3 is 10.2 Å². The molecule has 1 aromatic heterocycles. The Morgan fingerprint density at radius 3 is 2.71 bits per heavy atom. The summed E-state index contributed by atoms with van der Waals surface area (Å²) >= 11 is 0. The van der Waals surface area contributed by atoms with Crippen LogP contribution in [0, 0.1) is 0 Å². The highest BCUT2D eigenvalue weighted by atomic mass is 15.2. The zero-order chi connectivity index (χ0) is 14.7. The van der Waals surface area contributed by atoms with Crippen LogP contribution in [0.4, 0.5) is 5.82 Å². The molecule has 1 aliphatic rings. The van der Waals surface area contributed by atoms with E-state index in [0.29, 0.717) is 6.04 Å². The number of nitrogens with zero attached hydrogens (tertiary/aromatic N) is 2. The van der Waals surface area contributed by atoms with Gasteiger partial charge >= 0.3 is 0 Å². The van der Waals surface area contributed by atoms with Crippen LogP contribution in [0.5, 0.6) is 0 Å². The number of benzene rings is 1. The zero-order valence-electron chi connectivity index (χ0n) is 13.1. The highest BCUT2D eigenvalue weighted by Crippen LogP contribution is 2.30. The van der Waals surface area contributed by atoms with Gasteiger partial charge in [0.15, 0.2) is 0 Å². The maximum atomic E-state index is 5.00. The second-order valence-electron chi connectivity index (χ2n) is 5.92. The molecule has 0 bridgehead atoms. The van der Waals surface area contributed by atoms with Crippen molar-refractivity contribution >= 4 is 16.7 Å². The Balaban J connectivity index is 2.06. The maximum absolute atomic E-state index is 5.00. The van der Waals surface area contributed by atoms with Crippen molar-refractivity contribution in [1.29, 1.82) is 0 Å². The summed E-state index contributed by atoms with van der Waals surface area (Å²) in [6.45, 7) is 4.15. The molecular weight excluding hydrogens is 258 g/mol. The van der Waals surface area contributed by atoms with E-state index in [2.05, 4.69) is 47.5 Å². The molecule has 0 radical (unpaired) electrons. The number of nitrogens with one attached hydrogen (secondary N) is 1. The van der Waals surface area contributed by atoms with Gasteiger partial charge in [-0.25, -0.2) is 4.98 Å². The molecule has 112 valence electrons. The molecule has 3 nitrogen and oxygen atoms in total. The number of para-hydroxylation sites is 1. The molecule has 1 heterocycles. The van der Waals surface area contributed by atoms with E-state index in [1.807, 2.05) is 7.05 Å². The van der Waals surface area contributed by atoms with Gasteiger partial charge in [-0.05, 0) is 38.9 Å². The van der Waals surface area contributed by atoms with Crippen LogP contribution < -0.4 is 10.2 Å². The number of hydrogen-bond donors (Lipinski definition) is 1. The van der Waals surface area contributed by atoms with E-state index in [-0.39, 0.29) is 0 Å². The van der Waals surface area contributed by atoms with Gasteiger partial charge in [-0.2, -0.15) is 0 Å². The Hall–Kier alpha value is -1.61. The Morgan fingerprint density at radius 1 is 1.24 bits per heavy atom. The topological polar surface area (TPSA) is 28.2 Å². The van der Waals surface area contributed by atoms with Gasteiger partial charge in [0, 0.05) is 30.1 Å². The summed E-state index contributed by atoms with van der Waals surface area (Å²) in [4.78, 5) is 7.52. The standard InChI is InChI=1S/C18H25N3/c1-3-21(16-9-5-6-10-16)18-15(13-19-2)12-14-8-4-7-11-17(14)20-18/h4,7-8,11-12,16,19H,3,5-6,9-10,13H2,1-2H3. The fourth-order valence-corrected chi connectivity index (χ4v) is 3.52. The van der Waals surface area contributed by atoms with Crippen LogP contribution in [0.15, 0.2) is 30.3 Å². The molecule has 1 fully saturated rings. The first-order chi connectivity index (χ1) is 10.3. The SMILES string of the molecule is CCN(c1nc2ccccc2cc1CNC)C1CCCC1. The van der Waals surface area contributed by atoms with Crippen LogP contribution >= 0.6 is 0 Å². The molecule has 1 aromatic carbocycles. The average Bonchev–Trinajstić information content (AvgIpc) is 3.03. The molecule has 0 unspecified atom stereocenters. The van der Waals surface area contributed by atoms with Crippen LogP contribution in [-0.2, 0) is 6.54 Å². The van der Waals surface area contributed by atoms with Crippen molar-refractivity contribution in [3.05, 3.63) is 35.9 Å². The van der Waals surface area contributed by atoms with Gasteiger partial charge in [0.1, 0.15) is 5.82 Å². The Morgan fingerprint density at radius 2 is 2.00 bits per heavy atom. The molecule has 3 rings (SSSR count). The van der Waals surface area contributed by atoms with Crippen LogP contribution in [-0.4, -0.2) is 24.6 Å². The van der Waals surface area contributed by atoms with Gasteiger partial charge in [0.25, 0.3) is 0 Å². The molecule has 0 aliphatic heterocycles. The third kappa shape index (κ3) is 2.88. The average molecular weight is 283 g/mol. The van der Waals surface area contributed by atoms with Gasteiger partial charge in [-0.3, -0.25) is 0 Å². The first-order valence-electron chi connectivity index (χ1n) is 8.13. The number of pyridine rings is 1. The van der Waals surface area contributed by atoms with Crippen LogP contribution in [0.25, 0.3) is 10.9 Å². The van der Waals surface area contributed by atoms with Gasteiger partial charge in [-0.1, -0.05) is 31.0 Å². The Bertz CT molecular complexity index is 602. The van der Waals surface area contributed by atoms with Gasteiger partial charge in [-0.15, -0.1) is 0 Å². The normalized spacial score (nSPS) is 15.7. The lowest BCUT2D eigenvalue weighted by atomic mass is 10.1. The molecule has 1 aliphatic carbocycles. The first kappa shape index (κ1) is 14.3. The largest absolute Gasteiger partial charge is 0.354 e. The third-order valence-electron chi connectivity index (χ3n) is 4.53. The van der Waals surface area contributed by atoms with Crippen molar-refractivity contribution in [2.24, 2.45) is 0 Å². The summed E-state index contributed by atoms with van der Waals surface area (Å²) in [6, 6.07) is 11.4. The quantitative estimate of drug-likeness (QED) is 0.906. The van der Waals surface area contributed by atoms with E-state index < -0.39 is 0 Å². The predicted octanol–water partition coefficient (Wildman–Crippen LogP) is 3.72. The number of anilines is 1. The van der Waals surface area contributed by atoms with Crippen molar-refractivity contribution in [3.63, 3.8) is 0 Å². The van der Waals surface area contributed by atoms with E-state index in [0.717, 1.165) is 18.6 Å². The molecule has 0 atom stereocenters. The van der Waals surface area contributed by atoms with Crippen molar-refractivity contribution in [2.75, 3.05) is 18.5 Å². The summed E-state index contributed by atoms with van der Waals surface area (Å²) in [5.41, 5.74) is 2.41. The molecule has 2 aromatic rings. The fraction of sp³-hybridized carbons (Fsp3) is 0.500. The van der Waals surface area contributed by atoms with Crippen molar-refractivity contribution < 1.29 is 0 Å². The maximum Gasteiger partial charge on any atom is 0.134 e. The van der Waals surface area contributed by atoms with E-state index in [1.165, 1.54) is 42.5 Å². The second kappa shape index (κ2) is 6.44. The molecule has 1 saturated carbocycles. The van der Waals surface area contributed by atoms with Gasteiger partial charge in [0.2, 0.25) is 0 Å². The summed E-state index contributed by atoms with van der Waals surface area (Å²) in [6.07, 6.45) is 5.33. The summed E-state index contributed by atoms with van der Waals surface area (Å²) in [7, 11) is 2.00.